The van der Waals surface area contributed by atoms with Crippen LogP contribution in [-0.4, -0.2) is 28.4 Å². The molecule has 0 saturated carbocycles. The van der Waals surface area contributed by atoms with Crippen molar-refractivity contribution in [3.63, 3.8) is 0 Å². The standard InChI is InChI=1S/2C8H11O2P.C2H3N.3CO.F6P.Mn/c2*1-9-11(10-2)8-6-4-3-5-7-8;1-2-3;3*1-2;1-7(2,3,4,5)6;/h2*3-7H,1-2H3;1H3;;;;;/q;;;;;;-1;. The molecule has 0 aliphatic heterocycles. The Labute approximate surface area is 236 Å². The van der Waals surface area contributed by atoms with Gasteiger partial charge in [-0.15, -0.1) is 0 Å². The summed E-state index contributed by atoms with van der Waals surface area (Å²) in [4.78, 5) is 0. The van der Waals surface area contributed by atoms with Gasteiger partial charge in [-0.1, -0.05) is 36.4 Å². The summed E-state index contributed by atoms with van der Waals surface area (Å²) in [5.41, 5.74) is 0. The van der Waals surface area contributed by atoms with Crippen LogP contribution in [0.3, 0.4) is 0 Å². The van der Waals surface area contributed by atoms with Gasteiger partial charge in [0.05, 0.1) is 6.07 Å². The van der Waals surface area contributed by atoms with Crippen LogP contribution in [0.15, 0.2) is 60.7 Å². The normalized spacial score (nSPS) is 10.4. The van der Waals surface area contributed by atoms with Crippen LogP contribution in [0.2, 0.25) is 0 Å². The summed E-state index contributed by atoms with van der Waals surface area (Å²) in [5.74, 6) is 0. The van der Waals surface area contributed by atoms with Gasteiger partial charge in [0.25, 0.3) is 0 Å². The Morgan fingerprint density at radius 3 is 0.897 bits per heavy atom. The fourth-order valence-electron chi connectivity index (χ4n) is 1.67. The molecule has 0 unspecified atom stereocenters. The third kappa shape index (κ3) is 46.6. The fourth-order valence-corrected chi connectivity index (χ4v) is 3.64. The molecule has 0 aliphatic rings. The molecule has 0 atom stereocenters. The molecule has 0 aliphatic carbocycles. The Morgan fingerprint density at radius 2 is 0.769 bits per heavy atom. The van der Waals surface area contributed by atoms with Gasteiger partial charge in [0.2, 0.25) is 16.8 Å². The van der Waals surface area contributed by atoms with Crippen molar-refractivity contribution in [1.82, 2.24) is 0 Å². The Bertz CT molecular complexity index is 837. The van der Waals surface area contributed by atoms with Crippen molar-refractivity contribution in [2.24, 2.45) is 0 Å². The molecule has 0 N–H and O–H groups in total. The summed E-state index contributed by atoms with van der Waals surface area (Å²) < 4.78 is 102. The number of benzene rings is 2. The van der Waals surface area contributed by atoms with Gasteiger partial charge in [-0.25, -0.2) is 0 Å². The number of nitrogens with zero attached hydrogens (tertiary/aromatic N) is 1. The fraction of sp³-hybridized carbons (Fsp3) is 0.238. The molecule has 2 rings (SSSR count). The monoisotopic (exact) mass is 665 g/mol. The summed E-state index contributed by atoms with van der Waals surface area (Å²) in [5, 5.41) is 9.53. The average molecular weight is 665 g/mol. The largest absolute Gasteiger partial charge is 0 e. The maximum Gasteiger partial charge on any atom is 0 e. The van der Waals surface area contributed by atoms with Gasteiger partial charge in [-0.05, 0) is 24.3 Å². The van der Waals surface area contributed by atoms with E-state index in [1.165, 1.54) is 6.92 Å². The first-order valence-electron chi connectivity index (χ1n) is 8.98. The van der Waals surface area contributed by atoms with E-state index < -0.39 is 24.6 Å². The predicted molar refractivity (Wildman–Crippen MR) is 131 cm³/mol. The first-order valence-corrected chi connectivity index (χ1v) is 13.4. The van der Waals surface area contributed by atoms with E-state index >= 15 is 0 Å². The smallest absolute Gasteiger partial charge is 0 e. The molecule has 1 radical (unpaired) electrons. The number of hydrogen-bond donors (Lipinski definition) is 0. The summed E-state index contributed by atoms with van der Waals surface area (Å²) in [6.07, 6.45) is 0. The van der Waals surface area contributed by atoms with E-state index in [-0.39, 0.29) is 17.1 Å². The summed E-state index contributed by atoms with van der Waals surface area (Å²) >= 11 is 0. The van der Waals surface area contributed by atoms with Crippen molar-refractivity contribution in [2.75, 3.05) is 28.4 Å². The summed E-state index contributed by atoms with van der Waals surface area (Å²) in [6, 6.07) is 21.6. The van der Waals surface area contributed by atoms with Crippen molar-refractivity contribution in [2.45, 2.75) is 6.92 Å². The molecule has 0 bridgehead atoms. The van der Waals surface area contributed by atoms with E-state index in [0.29, 0.717) is 0 Å². The van der Waals surface area contributed by atoms with Crippen LogP contribution in [0.25, 0.3) is 0 Å². The van der Waals surface area contributed by atoms with Crippen molar-refractivity contribution >= 4 is 35.2 Å². The van der Waals surface area contributed by atoms with Gasteiger partial charge in [0, 0.05) is 63.0 Å². The van der Waals surface area contributed by atoms with E-state index in [2.05, 4.69) is 20.0 Å². The second-order valence-corrected chi connectivity index (χ2v) is 10.5. The van der Waals surface area contributed by atoms with Gasteiger partial charge < -0.3 is 18.1 Å². The maximum atomic E-state index is 9.87. The third-order valence-corrected chi connectivity index (χ3v) is 5.36. The average Bonchev–Trinajstić information content (AvgIpc) is 2.90. The van der Waals surface area contributed by atoms with Crippen LogP contribution in [0.1, 0.15) is 6.92 Å². The van der Waals surface area contributed by atoms with Gasteiger partial charge in [-0.3, -0.25) is 0 Å². The molecule has 0 amide bonds. The van der Waals surface area contributed by atoms with E-state index in [0.717, 1.165) is 10.6 Å². The van der Waals surface area contributed by atoms with Crippen molar-refractivity contribution in [3.05, 3.63) is 80.6 Å². The zero-order valence-corrected chi connectivity index (χ0v) is 24.9. The topological polar surface area (TPSA) is 120 Å². The van der Waals surface area contributed by atoms with E-state index in [9.17, 15) is 25.2 Å². The minimum Gasteiger partial charge on any atom is 0 e. The molecule has 18 heteroatoms. The van der Waals surface area contributed by atoms with E-state index in [1.54, 1.807) is 34.5 Å². The number of rotatable bonds is 6. The van der Waals surface area contributed by atoms with Crippen LogP contribution in [0.4, 0.5) is 25.2 Å². The Balaban J connectivity index is -0.0000000916. The number of nitriles is 1. The second-order valence-electron chi connectivity index (χ2n) is 5.10. The molecule has 0 fully saturated rings. The first-order chi connectivity index (χ1) is 17.6. The summed E-state index contributed by atoms with van der Waals surface area (Å²) in [7, 11) is -5.74. The van der Waals surface area contributed by atoms with Crippen LogP contribution < -0.4 is 10.6 Å². The van der Waals surface area contributed by atoms with Gasteiger partial charge >= 0.3 is 66.9 Å². The molecule has 8 nitrogen and oxygen atoms in total. The molecule has 0 saturated heterocycles. The maximum absolute atomic E-state index is 10.7. The molecule has 0 spiro atoms. The minimum atomic E-state index is -10.7. The first kappa shape index (κ1) is 50.2. The third-order valence-electron chi connectivity index (χ3n) is 2.60. The predicted octanol–water partition coefficient (Wildman–Crippen LogP) is 7.63. The van der Waals surface area contributed by atoms with E-state index in [4.69, 9.17) is 37.3 Å². The van der Waals surface area contributed by atoms with Gasteiger partial charge in [0.15, 0.2) is 0 Å². The number of halogens is 6. The second kappa shape index (κ2) is 27.9. The van der Waals surface area contributed by atoms with E-state index in [1.807, 2.05) is 60.7 Å². The Morgan fingerprint density at radius 1 is 0.615 bits per heavy atom. The van der Waals surface area contributed by atoms with Crippen molar-refractivity contribution in [3.8, 4) is 6.07 Å². The summed E-state index contributed by atoms with van der Waals surface area (Å²) in [6.45, 7) is 14.9. The molecule has 0 aromatic heterocycles. The van der Waals surface area contributed by atoms with Gasteiger partial charge in [-0.2, -0.15) is 5.26 Å². The molecule has 2 aromatic rings. The zero-order chi connectivity index (χ0) is 31.3. The van der Waals surface area contributed by atoms with Crippen LogP contribution in [-0.2, 0) is 49.1 Å². The molecule has 221 valence electrons. The Kier molecular flexibility index (Phi) is 36.0. The van der Waals surface area contributed by atoms with Crippen LogP contribution in [0, 0.1) is 31.3 Å². The molecule has 0 heterocycles. The van der Waals surface area contributed by atoms with Crippen LogP contribution in [0.5, 0.6) is 0 Å². The SMILES string of the molecule is CC#N.COP(OC)c1ccccc1.COP(OC)c1ccccc1.F[P-](F)(F)(F)(F)F.[C-]#[O+].[C-]#[O+].[C-]#[O+].[Mn]. The van der Waals surface area contributed by atoms with Crippen LogP contribution >= 0.6 is 24.6 Å². The Hall–Kier alpha value is -1.62. The van der Waals surface area contributed by atoms with Crippen molar-refractivity contribution in [1.29, 1.82) is 5.26 Å². The molecular weight excluding hydrogens is 640 g/mol. The quantitative estimate of drug-likeness (QED) is 0.103. The molecule has 2 aromatic carbocycles. The van der Waals surface area contributed by atoms with Gasteiger partial charge in [0.1, 0.15) is 0 Å². The number of hydrogen-bond acceptors (Lipinski definition) is 5. The molecule has 39 heavy (non-hydrogen) atoms. The molecular formula is C21H25F6MnNO7P3-. The van der Waals surface area contributed by atoms with Crippen molar-refractivity contribution < 1.29 is 74.3 Å². The zero-order valence-electron chi connectivity index (χ0n) is 21.1. The minimum absolute atomic E-state index is 0.